The van der Waals surface area contributed by atoms with Crippen LogP contribution < -0.4 is 9.47 Å². The first-order valence-corrected chi connectivity index (χ1v) is 9.23. The van der Waals surface area contributed by atoms with Gasteiger partial charge in [-0.25, -0.2) is 4.79 Å². The summed E-state index contributed by atoms with van der Waals surface area (Å²) in [5.41, 5.74) is 0.185. The van der Waals surface area contributed by atoms with E-state index >= 15 is 0 Å². The summed E-state index contributed by atoms with van der Waals surface area (Å²) in [5.74, 6) is -0.236. The fourth-order valence-corrected chi connectivity index (χ4v) is 3.13. The number of hydrogen-bond acceptors (Lipinski definition) is 6. The molecule has 0 radical (unpaired) electrons. The zero-order chi connectivity index (χ0) is 20.1. The summed E-state index contributed by atoms with van der Waals surface area (Å²) in [7, 11) is 1.46. The van der Waals surface area contributed by atoms with Gasteiger partial charge in [-0.05, 0) is 39.8 Å². The third kappa shape index (κ3) is 5.74. The van der Waals surface area contributed by atoms with Crippen LogP contribution in [0.1, 0.15) is 38.1 Å². The van der Waals surface area contributed by atoms with Crippen molar-refractivity contribution >= 4 is 23.5 Å². The molecule has 1 amide bonds. The Balaban J connectivity index is 2.03. The van der Waals surface area contributed by atoms with Gasteiger partial charge in [0.05, 0.1) is 36.0 Å². The molecule has 7 nitrogen and oxygen atoms in total. The summed E-state index contributed by atoms with van der Waals surface area (Å²) in [4.78, 5) is 26.3. The number of methoxy groups -OCH3 is 1. The Labute approximate surface area is 164 Å². The molecule has 1 aromatic rings. The minimum atomic E-state index is -0.658. The maximum atomic E-state index is 12.3. The minimum absolute atomic E-state index is 0.0510. The summed E-state index contributed by atoms with van der Waals surface area (Å²) >= 11 is 6.22. The fourth-order valence-electron chi connectivity index (χ4n) is 2.87. The number of ether oxygens (including phenoxy) is 4. The average molecular weight is 400 g/mol. The smallest absolute Gasteiger partial charge is 0.338 e. The zero-order valence-corrected chi connectivity index (χ0v) is 17.0. The third-order valence-electron chi connectivity index (χ3n) is 3.92. The molecule has 2 atom stereocenters. The third-order valence-corrected chi connectivity index (χ3v) is 4.20. The van der Waals surface area contributed by atoms with Crippen LogP contribution in [0.25, 0.3) is 0 Å². The van der Waals surface area contributed by atoms with Gasteiger partial charge in [-0.2, -0.15) is 0 Å². The first-order chi connectivity index (χ1) is 12.7. The Kier molecular flexibility index (Phi) is 7.33. The van der Waals surface area contributed by atoms with Crippen LogP contribution >= 0.6 is 11.6 Å². The predicted molar refractivity (Wildman–Crippen MR) is 101 cm³/mol. The second-order valence-corrected chi connectivity index (χ2v) is 7.20. The van der Waals surface area contributed by atoms with Crippen LogP contribution in [-0.4, -0.2) is 61.9 Å². The molecule has 1 fully saturated rings. The summed E-state index contributed by atoms with van der Waals surface area (Å²) in [6.07, 6.45) is -0.208. The molecule has 2 rings (SSSR count). The van der Waals surface area contributed by atoms with Gasteiger partial charge in [-0.3, -0.25) is 4.79 Å². The Morgan fingerprint density at radius 3 is 2.44 bits per heavy atom. The number of halogens is 1. The molecule has 0 bridgehead atoms. The number of esters is 1. The molecule has 0 aromatic heterocycles. The van der Waals surface area contributed by atoms with Crippen LogP contribution in [0.15, 0.2) is 12.1 Å². The largest absolute Gasteiger partial charge is 0.493 e. The molecule has 1 saturated heterocycles. The quantitative estimate of drug-likeness (QED) is 0.685. The van der Waals surface area contributed by atoms with Crippen LogP contribution in [0.4, 0.5) is 0 Å². The number of amides is 1. The summed E-state index contributed by atoms with van der Waals surface area (Å²) in [6, 6.07) is 2.92. The van der Waals surface area contributed by atoms with E-state index in [4.69, 9.17) is 30.5 Å². The van der Waals surface area contributed by atoms with E-state index in [1.165, 1.54) is 19.2 Å². The van der Waals surface area contributed by atoms with E-state index in [1.54, 1.807) is 4.90 Å². The average Bonchev–Trinajstić information content (AvgIpc) is 2.59. The van der Waals surface area contributed by atoms with Crippen molar-refractivity contribution in [3.8, 4) is 11.5 Å². The van der Waals surface area contributed by atoms with Crippen LogP contribution in [0, 0.1) is 0 Å². The van der Waals surface area contributed by atoms with Gasteiger partial charge < -0.3 is 23.8 Å². The van der Waals surface area contributed by atoms with Crippen molar-refractivity contribution in [2.75, 3.05) is 26.8 Å². The maximum absolute atomic E-state index is 12.3. The number of hydrogen-bond donors (Lipinski definition) is 0. The topological polar surface area (TPSA) is 74.3 Å². The lowest BCUT2D eigenvalue weighted by molar-refractivity contribution is -0.146. The number of benzene rings is 1. The molecule has 1 aliphatic rings. The Morgan fingerprint density at radius 2 is 1.89 bits per heavy atom. The molecular weight excluding hydrogens is 374 g/mol. The normalized spacial score (nSPS) is 19.7. The molecule has 1 aliphatic heterocycles. The highest BCUT2D eigenvalue weighted by atomic mass is 35.5. The van der Waals surface area contributed by atoms with Gasteiger partial charge in [0, 0.05) is 13.1 Å². The van der Waals surface area contributed by atoms with Gasteiger partial charge in [-0.15, -0.1) is 0 Å². The van der Waals surface area contributed by atoms with Crippen molar-refractivity contribution in [2.24, 2.45) is 0 Å². The van der Waals surface area contributed by atoms with E-state index in [2.05, 4.69) is 0 Å². The van der Waals surface area contributed by atoms with E-state index in [0.717, 1.165) is 0 Å². The summed E-state index contributed by atoms with van der Waals surface area (Å²) < 4.78 is 21.6. The van der Waals surface area contributed by atoms with Crippen LogP contribution in [0.5, 0.6) is 11.5 Å². The van der Waals surface area contributed by atoms with Gasteiger partial charge >= 0.3 is 5.97 Å². The molecule has 0 spiro atoms. The highest BCUT2D eigenvalue weighted by molar-refractivity contribution is 6.32. The van der Waals surface area contributed by atoms with Crippen molar-refractivity contribution in [2.45, 2.75) is 46.0 Å². The van der Waals surface area contributed by atoms with Crippen molar-refractivity contribution in [1.82, 2.24) is 4.90 Å². The lowest BCUT2D eigenvalue weighted by Gasteiger charge is -2.35. The molecular formula is C19H26ClNO6. The molecule has 0 N–H and O–H groups in total. The SMILES string of the molecule is COc1cc(C(=O)OCC(=O)N2CC(C)OC(C)C2)cc(Cl)c1OC(C)C. The number of morpholine rings is 1. The number of rotatable bonds is 6. The van der Waals surface area contributed by atoms with Gasteiger partial charge in [0.15, 0.2) is 18.1 Å². The van der Waals surface area contributed by atoms with Gasteiger partial charge in [0.2, 0.25) is 0 Å². The van der Waals surface area contributed by atoms with Crippen LogP contribution in [0.3, 0.4) is 0 Å². The summed E-state index contributed by atoms with van der Waals surface area (Å²) in [5, 5.41) is 0.233. The highest BCUT2D eigenvalue weighted by Gasteiger charge is 2.27. The maximum Gasteiger partial charge on any atom is 0.338 e. The van der Waals surface area contributed by atoms with Crippen LogP contribution in [0.2, 0.25) is 5.02 Å². The second-order valence-electron chi connectivity index (χ2n) is 6.79. The van der Waals surface area contributed by atoms with E-state index in [-0.39, 0.29) is 41.4 Å². The fraction of sp³-hybridized carbons (Fsp3) is 0.579. The van der Waals surface area contributed by atoms with Gasteiger partial charge in [-0.1, -0.05) is 11.6 Å². The molecule has 1 aromatic carbocycles. The minimum Gasteiger partial charge on any atom is -0.493 e. The van der Waals surface area contributed by atoms with Gasteiger partial charge in [0.25, 0.3) is 5.91 Å². The second kappa shape index (κ2) is 9.28. The standard InChI is InChI=1S/C19H26ClNO6/c1-11(2)26-18-15(20)6-14(7-16(18)24-5)19(23)25-10-17(22)21-8-12(3)27-13(4)9-21/h6-7,11-13H,8-10H2,1-5H3. The molecule has 2 unspecified atom stereocenters. The Bertz CT molecular complexity index is 683. The highest BCUT2D eigenvalue weighted by Crippen LogP contribution is 2.37. The summed E-state index contributed by atoms with van der Waals surface area (Å²) in [6.45, 7) is 8.12. The van der Waals surface area contributed by atoms with Crippen molar-refractivity contribution < 1.29 is 28.5 Å². The van der Waals surface area contributed by atoms with E-state index in [1.807, 2.05) is 27.7 Å². The molecule has 150 valence electrons. The first-order valence-electron chi connectivity index (χ1n) is 8.85. The van der Waals surface area contributed by atoms with E-state index in [0.29, 0.717) is 24.6 Å². The number of carbonyl (C=O) groups is 2. The van der Waals surface area contributed by atoms with Gasteiger partial charge in [0.1, 0.15) is 0 Å². The number of carbonyl (C=O) groups excluding carboxylic acids is 2. The Hall–Kier alpha value is -1.99. The predicted octanol–water partition coefficient (Wildman–Crippen LogP) is 2.93. The molecule has 0 saturated carbocycles. The lowest BCUT2D eigenvalue weighted by atomic mass is 10.2. The molecule has 0 aliphatic carbocycles. The van der Waals surface area contributed by atoms with E-state index in [9.17, 15) is 9.59 Å². The van der Waals surface area contributed by atoms with E-state index < -0.39 is 5.97 Å². The first kappa shape index (κ1) is 21.3. The van der Waals surface area contributed by atoms with Crippen LogP contribution in [-0.2, 0) is 14.3 Å². The monoisotopic (exact) mass is 399 g/mol. The van der Waals surface area contributed by atoms with Crippen molar-refractivity contribution in [3.63, 3.8) is 0 Å². The Morgan fingerprint density at radius 1 is 1.26 bits per heavy atom. The lowest BCUT2D eigenvalue weighted by Crippen LogP contribution is -2.49. The molecule has 1 heterocycles. The van der Waals surface area contributed by atoms with Crippen molar-refractivity contribution in [3.05, 3.63) is 22.7 Å². The van der Waals surface area contributed by atoms with Crippen molar-refractivity contribution in [1.29, 1.82) is 0 Å². The molecule has 8 heteroatoms. The zero-order valence-electron chi connectivity index (χ0n) is 16.3. The number of nitrogens with zero attached hydrogens (tertiary/aromatic N) is 1. The molecule has 27 heavy (non-hydrogen) atoms.